The van der Waals surface area contributed by atoms with E-state index in [0.717, 1.165) is 24.8 Å². The van der Waals surface area contributed by atoms with Crippen molar-refractivity contribution < 1.29 is 19.7 Å². The van der Waals surface area contributed by atoms with Crippen molar-refractivity contribution in [2.24, 2.45) is 11.3 Å². The van der Waals surface area contributed by atoms with Gasteiger partial charge in [0.15, 0.2) is 0 Å². The Morgan fingerprint density at radius 1 is 1.28 bits per heavy atom. The molecule has 0 spiro atoms. The summed E-state index contributed by atoms with van der Waals surface area (Å²) in [5.74, 6) is 0.347. The molecule has 3 rings (SSSR count). The van der Waals surface area contributed by atoms with Gasteiger partial charge >= 0.3 is 5.97 Å². The van der Waals surface area contributed by atoms with E-state index >= 15 is 0 Å². The third-order valence-electron chi connectivity index (χ3n) is 6.86. The van der Waals surface area contributed by atoms with E-state index in [0.29, 0.717) is 12.3 Å². The molecular weight excluding hydrogens is 316 g/mol. The number of methoxy groups -OCH3 is 1. The molecule has 1 saturated carbocycles. The van der Waals surface area contributed by atoms with E-state index in [4.69, 9.17) is 9.62 Å². The van der Waals surface area contributed by atoms with Crippen molar-refractivity contribution in [2.45, 2.75) is 70.8 Å². The van der Waals surface area contributed by atoms with Crippen LogP contribution < -0.4 is 0 Å². The average Bonchev–Trinajstić information content (AvgIpc) is 2.60. The monoisotopic (exact) mass is 346 g/mol. The number of carbonyl (C=O) groups excluding carboxylic acids is 1. The number of carbonyl (C=O) groups is 1. The number of hydrogen-bond acceptors (Lipinski definition) is 4. The molecule has 0 bridgehead atoms. The van der Waals surface area contributed by atoms with Crippen molar-refractivity contribution in [1.82, 2.24) is 0 Å². The molecule has 4 atom stereocenters. The second-order valence-corrected chi connectivity index (χ2v) is 8.56. The molecule has 0 saturated heterocycles. The van der Waals surface area contributed by atoms with E-state index in [1.807, 2.05) is 6.92 Å². The molecule has 1 N–H and O–H groups in total. The van der Waals surface area contributed by atoms with Crippen LogP contribution in [0.5, 0.6) is 0 Å². The molecule has 4 unspecified atom stereocenters. The van der Waals surface area contributed by atoms with E-state index in [2.05, 4.69) is 39.0 Å². The Hall–Kier alpha value is -1.39. The summed E-state index contributed by atoms with van der Waals surface area (Å²) in [7, 11) is 1.46. The molecule has 1 aromatic rings. The van der Waals surface area contributed by atoms with Crippen molar-refractivity contribution >= 4 is 5.97 Å². The van der Waals surface area contributed by atoms with Gasteiger partial charge in [-0.05, 0) is 60.1 Å². The van der Waals surface area contributed by atoms with Crippen LogP contribution in [0.4, 0.5) is 0 Å². The van der Waals surface area contributed by atoms with Crippen LogP contribution in [0.25, 0.3) is 0 Å². The molecule has 0 heterocycles. The van der Waals surface area contributed by atoms with Crippen LogP contribution in [0.2, 0.25) is 0 Å². The minimum absolute atomic E-state index is 0.0794. The lowest BCUT2D eigenvalue weighted by molar-refractivity contribution is -0.291. The van der Waals surface area contributed by atoms with Gasteiger partial charge in [-0.25, -0.2) is 4.89 Å². The second-order valence-electron chi connectivity index (χ2n) is 8.56. The topological polar surface area (TPSA) is 55.8 Å². The molecule has 25 heavy (non-hydrogen) atoms. The smallest absolute Gasteiger partial charge is 0.311 e. The molecule has 1 fully saturated rings. The summed E-state index contributed by atoms with van der Waals surface area (Å²) in [5, 5.41) is 9.59. The summed E-state index contributed by atoms with van der Waals surface area (Å²) in [6.45, 7) is 8.61. The Morgan fingerprint density at radius 3 is 2.60 bits per heavy atom. The molecule has 138 valence electrons. The minimum Gasteiger partial charge on any atom is -0.469 e. The summed E-state index contributed by atoms with van der Waals surface area (Å²) in [6.07, 6.45) is 3.09. The van der Waals surface area contributed by atoms with Gasteiger partial charge in [-0.15, -0.1) is 0 Å². The molecule has 0 aliphatic heterocycles. The summed E-state index contributed by atoms with van der Waals surface area (Å²) in [5.41, 5.74) is 2.87. The maximum Gasteiger partial charge on any atom is 0.311 e. The minimum atomic E-state index is -0.549. The predicted octanol–water partition coefficient (Wildman–Crippen LogP) is 4.98. The lowest BCUT2D eigenvalue weighted by Gasteiger charge is -2.55. The quantitative estimate of drug-likeness (QED) is 0.476. The van der Waals surface area contributed by atoms with E-state index in [1.54, 1.807) is 0 Å². The standard InChI is InChI=1S/C21H30O4/c1-13(2)14-7-8-16-15(11-14)17(25-23)12-18-20(16,3)9-6-10-21(18,4)19(22)24-5/h7-8,11,13,17-18,23H,6,9-10,12H2,1-5H3. The van der Waals surface area contributed by atoms with Gasteiger partial charge in [-0.1, -0.05) is 45.4 Å². The van der Waals surface area contributed by atoms with Gasteiger partial charge < -0.3 is 4.74 Å². The maximum atomic E-state index is 12.6. The lowest BCUT2D eigenvalue weighted by Crippen LogP contribution is -2.53. The van der Waals surface area contributed by atoms with Crippen LogP contribution in [-0.4, -0.2) is 18.3 Å². The third-order valence-corrected chi connectivity index (χ3v) is 6.86. The fourth-order valence-electron chi connectivity index (χ4n) is 5.36. The lowest BCUT2D eigenvalue weighted by atomic mass is 9.49. The molecular formula is C21H30O4. The highest BCUT2D eigenvalue weighted by molar-refractivity contribution is 5.77. The molecule has 4 heteroatoms. The van der Waals surface area contributed by atoms with E-state index < -0.39 is 11.5 Å². The molecule has 0 amide bonds. The van der Waals surface area contributed by atoms with Crippen LogP contribution in [0, 0.1) is 11.3 Å². The van der Waals surface area contributed by atoms with Crippen molar-refractivity contribution in [3.05, 3.63) is 34.9 Å². The Morgan fingerprint density at radius 2 is 2.00 bits per heavy atom. The highest BCUT2D eigenvalue weighted by Crippen LogP contribution is 2.60. The van der Waals surface area contributed by atoms with Gasteiger partial charge in [0.25, 0.3) is 0 Å². The molecule has 2 aliphatic carbocycles. The molecule has 0 aromatic heterocycles. The summed E-state index contributed by atoms with van der Waals surface area (Å²) in [4.78, 5) is 17.5. The third kappa shape index (κ3) is 2.70. The Balaban J connectivity index is 2.14. The zero-order valence-electron chi connectivity index (χ0n) is 16.0. The zero-order valence-corrected chi connectivity index (χ0v) is 16.0. The maximum absolute atomic E-state index is 12.6. The van der Waals surface area contributed by atoms with E-state index in [9.17, 15) is 10.1 Å². The first-order chi connectivity index (χ1) is 11.8. The van der Waals surface area contributed by atoms with Crippen molar-refractivity contribution in [3.63, 3.8) is 0 Å². The number of ether oxygens (including phenoxy) is 1. The van der Waals surface area contributed by atoms with E-state index in [-0.39, 0.29) is 17.3 Å². The van der Waals surface area contributed by atoms with Crippen LogP contribution in [0.15, 0.2) is 18.2 Å². The largest absolute Gasteiger partial charge is 0.469 e. The van der Waals surface area contributed by atoms with Crippen molar-refractivity contribution in [2.75, 3.05) is 7.11 Å². The number of benzene rings is 1. The first-order valence-electron chi connectivity index (χ1n) is 9.31. The molecule has 2 aliphatic rings. The van der Waals surface area contributed by atoms with Crippen molar-refractivity contribution in [3.8, 4) is 0 Å². The highest BCUT2D eigenvalue weighted by Gasteiger charge is 2.57. The summed E-state index contributed by atoms with van der Waals surface area (Å²) < 4.78 is 5.15. The normalized spacial score (nSPS) is 34.4. The van der Waals surface area contributed by atoms with Crippen molar-refractivity contribution in [1.29, 1.82) is 0 Å². The van der Waals surface area contributed by atoms with Crippen LogP contribution in [0.3, 0.4) is 0 Å². The number of hydrogen-bond donors (Lipinski definition) is 1. The molecule has 0 radical (unpaired) electrons. The first-order valence-corrected chi connectivity index (χ1v) is 9.31. The number of rotatable bonds is 3. The van der Waals surface area contributed by atoms with Gasteiger partial charge in [0.05, 0.1) is 12.5 Å². The Labute approximate surface area is 150 Å². The fraction of sp³-hybridized carbons (Fsp3) is 0.667. The van der Waals surface area contributed by atoms with E-state index in [1.165, 1.54) is 18.2 Å². The van der Waals surface area contributed by atoms with Crippen LogP contribution >= 0.6 is 0 Å². The first kappa shape index (κ1) is 18.4. The number of esters is 1. The summed E-state index contributed by atoms with van der Waals surface area (Å²) in [6, 6.07) is 6.54. The Bertz CT molecular complexity index is 668. The highest BCUT2D eigenvalue weighted by atomic mass is 17.1. The zero-order chi connectivity index (χ0) is 18.4. The van der Waals surface area contributed by atoms with Crippen LogP contribution in [0.1, 0.15) is 82.1 Å². The van der Waals surface area contributed by atoms with Gasteiger partial charge in [-0.3, -0.25) is 10.1 Å². The fourth-order valence-corrected chi connectivity index (χ4v) is 5.36. The SMILES string of the molecule is COC(=O)C1(C)CCCC2(C)c3ccc(C(C)C)cc3C(OO)CC12. The molecule has 1 aromatic carbocycles. The number of fused-ring (bicyclic) bond motifs is 3. The van der Waals surface area contributed by atoms with Crippen LogP contribution in [-0.2, 0) is 19.8 Å². The molecule has 4 nitrogen and oxygen atoms in total. The second kappa shape index (κ2) is 6.40. The van der Waals surface area contributed by atoms with Gasteiger partial charge in [0.2, 0.25) is 0 Å². The average molecular weight is 346 g/mol. The summed E-state index contributed by atoms with van der Waals surface area (Å²) >= 11 is 0. The van der Waals surface area contributed by atoms with Gasteiger partial charge in [0.1, 0.15) is 6.10 Å². The predicted molar refractivity (Wildman–Crippen MR) is 96.4 cm³/mol. The Kier molecular flexibility index (Phi) is 4.71. The van der Waals surface area contributed by atoms with Gasteiger partial charge in [-0.2, -0.15) is 0 Å². The van der Waals surface area contributed by atoms with Gasteiger partial charge in [0, 0.05) is 0 Å².